The molecule has 0 unspecified atom stereocenters. The van der Waals surface area contributed by atoms with Gasteiger partial charge >= 0.3 is 0 Å². The Kier molecular flexibility index (Phi) is 9.45. The zero-order chi connectivity index (χ0) is 51.1. The van der Waals surface area contributed by atoms with Crippen LogP contribution in [0.15, 0.2) is 299 Å². The third kappa shape index (κ3) is 5.96. The Balaban J connectivity index is 0.882. The molecule has 2 spiro atoms. The number of hydrogen-bond acceptors (Lipinski definition) is 3. The summed E-state index contributed by atoms with van der Waals surface area (Å²) in [6.45, 7) is 0. The summed E-state index contributed by atoms with van der Waals surface area (Å²) in [5, 5.41) is 2.49. The lowest BCUT2D eigenvalue weighted by Crippen LogP contribution is -2.32. The second kappa shape index (κ2) is 16.7. The van der Waals surface area contributed by atoms with Gasteiger partial charge in [0.2, 0.25) is 0 Å². The molecule has 12 aromatic carbocycles. The molecule has 2 nitrogen and oxygen atoms in total. The van der Waals surface area contributed by atoms with E-state index in [0.717, 1.165) is 22.7 Å². The van der Waals surface area contributed by atoms with Crippen LogP contribution in [0.25, 0.3) is 60.9 Å². The predicted octanol–water partition coefficient (Wildman–Crippen LogP) is 19.6. The average molecular weight is 1030 g/mol. The van der Waals surface area contributed by atoms with Gasteiger partial charge in [0.1, 0.15) is 0 Å². The first-order chi connectivity index (χ1) is 38.7. The summed E-state index contributed by atoms with van der Waals surface area (Å²) in [5.74, 6) is 0. The van der Waals surface area contributed by atoms with Crippen molar-refractivity contribution in [2.24, 2.45) is 0 Å². The normalized spacial score (nSPS) is 14.3. The Hall–Kier alpha value is -9.06. The van der Waals surface area contributed by atoms with Gasteiger partial charge in [-0.2, -0.15) is 0 Å². The lowest BCUT2D eigenvalue weighted by atomic mass is 9.67. The molecule has 0 fully saturated rings. The van der Waals surface area contributed by atoms with Gasteiger partial charge in [0.25, 0.3) is 0 Å². The minimum atomic E-state index is -0.513. The average Bonchev–Trinajstić information content (AvgIpc) is 3.49. The van der Waals surface area contributed by atoms with Crippen molar-refractivity contribution in [3.63, 3.8) is 0 Å². The Morgan fingerprint density at radius 1 is 0.269 bits per heavy atom. The maximum Gasteiger partial charge on any atom is 0.0736 e. The molecule has 4 aliphatic rings. The van der Waals surface area contributed by atoms with E-state index in [2.05, 4.69) is 289 Å². The van der Waals surface area contributed by atoms with Gasteiger partial charge in [-0.05, 0) is 169 Å². The molecule has 2 aliphatic carbocycles. The number of aromatic nitrogens is 1. The summed E-state index contributed by atoms with van der Waals surface area (Å²) >= 11 is 3.78. The Labute approximate surface area is 461 Å². The molecule has 0 saturated heterocycles. The van der Waals surface area contributed by atoms with Crippen LogP contribution in [0.1, 0.15) is 44.5 Å². The van der Waals surface area contributed by atoms with Gasteiger partial charge in [-0.25, -0.2) is 0 Å². The monoisotopic (exact) mass is 1030 g/mol. The van der Waals surface area contributed by atoms with Gasteiger partial charge < -0.3 is 9.47 Å². The van der Waals surface area contributed by atoms with Crippen LogP contribution in [-0.4, -0.2) is 4.57 Å². The molecule has 13 aromatic rings. The van der Waals surface area contributed by atoms with Gasteiger partial charge in [-0.3, -0.25) is 0 Å². The fourth-order valence-electron chi connectivity index (χ4n) is 14.2. The highest BCUT2D eigenvalue weighted by Gasteiger charge is 2.52. The maximum atomic E-state index is 2.52. The summed E-state index contributed by atoms with van der Waals surface area (Å²) in [4.78, 5) is 7.73. The highest BCUT2D eigenvalue weighted by Crippen LogP contribution is 2.65. The van der Waals surface area contributed by atoms with Gasteiger partial charge in [0.15, 0.2) is 0 Å². The fourth-order valence-corrected chi connectivity index (χ4v) is 16.6. The van der Waals surface area contributed by atoms with Crippen molar-refractivity contribution < 1.29 is 0 Å². The topological polar surface area (TPSA) is 8.17 Å². The van der Waals surface area contributed by atoms with Gasteiger partial charge in [0.05, 0.1) is 21.9 Å². The van der Waals surface area contributed by atoms with Crippen molar-refractivity contribution in [1.29, 1.82) is 0 Å². The minimum absolute atomic E-state index is 0.463. The molecule has 78 heavy (non-hydrogen) atoms. The van der Waals surface area contributed by atoms with Crippen LogP contribution >= 0.6 is 23.5 Å². The van der Waals surface area contributed by atoms with Crippen LogP contribution in [0.2, 0.25) is 0 Å². The van der Waals surface area contributed by atoms with Crippen molar-refractivity contribution in [2.75, 3.05) is 4.90 Å². The van der Waals surface area contributed by atoms with E-state index in [1.165, 1.54) is 119 Å². The van der Waals surface area contributed by atoms with E-state index in [1.54, 1.807) is 0 Å². The van der Waals surface area contributed by atoms with Crippen LogP contribution in [0.4, 0.5) is 17.1 Å². The predicted molar refractivity (Wildman–Crippen MR) is 324 cm³/mol. The summed E-state index contributed by atoms with van der Waals surface area (Å²) in [7, 11) is 0. The quantitative estimate of drug-likeness (QED) is 0.170. The standard InChI is InChI=1S/C74H46N2S2/c1-2-18-49(19-3-1)76-67-29-13-6-22-56(67)58-44-48(36-43-68(58)76)47-34-37-50(38-35-47)75(51-40-42-61-57(45-51)54-21-5-8-24-60(54)73(61)62-25-9-14-30-69(62)77-70-31-15-10-26-63(70)73)52-39-41-55-53-20-4-7-23-59(53)74(66(55)46-52)64-27-11-16-32-71(64)78-72-33-17-12-28-65(72)74/h1-46H. The minimum Gasteiger partial charge on any atom is -0.310 e. The summed E-state index contributed by atoms with van der Waals surface area (Å²) in [6, 6.07) is 105. The molecule has 0 atom stereocenters. The van der Waals surface area contributed by atoms with Crippen molar-refractivity contribution in [1.82, 2.24) is 4.57 Å². The summed E-state index contributed by atoms with van der Waals surface area (Å²) in [6.07, 6.45) is 0. The zero-order valence-corrected chi connectivity index (χ0v) is 43.9. The number of para-hydroxylation sites is 2. The van der Waals surface area contributed by atoms with E-state index < -0.39 is 10.8 Å². The molecule has 4 heteroatoms. The van der Waals surface area contributed by atoms with Crippen LogP contribution < -0.4 is 4.90 Å². The first kappa shape index (κ1) is 44.1. The SMILES string of the molecule is c1ccc(-n2c3ccccc3c3cc(-c4ccc(N(c5ccc6c(c5)-c5ccccc5C65c6ccccc6Sc6ccccc65)c5ccc6c(c5)C5(c7ccccc7Sc7ccccc75)c5ccccc5-6)cc4)ccc32)cc1. The number of benzene rings is 12. The third-order valence-corrected chi connectivity index (χ3v) is 19.6. The Morgan fingerprint density at radius 3 is 1.33 bits per heavy atom. The Bertz CT molecular complexity index is 4550. The molecule has 0 radical (unpaired) electrons. The van der Waals surface area contributed by atoms with E-state index >= 15 is 0 Å². The van der Waals surface area contributed by atoms with E-state index in [1.807, 2.05) is 23.5 Å². The molecule has 0 saturated carbocycles. The lowest BCUT2D eigenvalue weighted by molar-refractivity contribution is 0.722. The highest BCUT2D eigenvalue weighted by molar-refractivity contribution is 7.99. The largest absolute Gasteiger partial charge is 0.310 e. The molecule has 364 valence electrons. The fraction of sp³-hybridized carbons (Fsp3) is 0.0270. The molecule has 1 aromatic heterocycles. The lowest BCUT2D eigenvalue weighted by Gasteiger charge is -2.40. The molecule has 0 N–H and O–H groups in total. The van der Waals surface area contributed by atoms with Gasteiger partial charge in [-0.1, -0.05) is 212 Å². The number of hydrogen-bond donors (Lipinski definition) is 0. The van der Waals surface area contributed by atoms with Crippen molar-refractivity contribution >= 4 is 62.4 Å². The van der Waals surface area contributed by atoms with E-state index in [4.69, 9.17) is 0 Å². The van der Waals surface area contributed by atoms with Crippen LogP contribution in [0, 0.1) is 0 Å². The molecule has 0 amide bonds. The highest BCUT2D eigenvalue weighted by atomic mass is 32.2. The Morgan fingerprint density at radius 2 is 0.705 bits per heavy atom. The molecule has 17 rings (SSSR count). The van der Waals surface area contributed by atoms with E-state index in [-0.39, 0.29) is 0 Å². The molecular weight excluding hydrogens is 981 g/mol. The molecule has 0 bridgehead atoms. The summed E-state index contributed by atoms with van der Waals surface area (Å²) < 4.78 is 2.39. The number of rotatable bonds is 5. The maximum absolute atomic E-state index is 2.52. The van der Waals surface area contributed by atoms with E-state index in [9.17, 15) is 0 Å². The number of fused-ring (bicyclic) bond motifs is 21. The van der Waals surface area contributed by atoms with Crippen molar-refractivity contribution in [2.45, 2.75) is 30.4 Å². The molecular formula is C74H46N2S2. The first-order valence-electron chi connectivity index (χ1n) is 26.9. The van der Waals surface area contributed by atoms with Gasteiger partial charge in [0, 0.05) is 53.1 Å². The first-order valence-corrected chi connectivity index (χ1v) is 28.5. The van der Waals surface area contributed by atoms with Crippen LogP contribution in [0.3, 0.4) is 0 Å². The zero-order valence-electron chi connectivity index (χ0n) is 42.3. The van der Waals surface area contributed by atoms with Crippen LogP contribution in [0.5, 0.6) is 0 Å². The third-order valence-electron chi connectivity index (χ3n) is 17.3. The molecule has 2 aliphatic heterocycles. The smallest absolute Gasteiger partial charge is 0.0736 e. The van der Waals surface area contributed by atoms with Gasteiger partial charge in [-0.15, -0.1) is 0 Å². The van der Waals surface area contributed by atoms with Crippen molar-refractivity contribution in [3.8, 4) is 39.1 Å². The van der Waals surface area contributed by atoms with E-state index in [0.29, 0.717) is 0 Å². The summed E-state index contributed by atoms with van der Waals surface area (Å²) in [5.41, 5.74) is 24.1. The van der Waals surface area contributed by atoms with Crippen LogP contribution in [-0.2, 0) is 10.8 Å². The number of nitrogens with zero attached hydrogens (tertiary/aromatic N) is 2. The van der Waals surface area contributed by atoms with Crippen molar-refractivity contribution in [3.05, 3.63) is 324 Å². The number of anilines is 3. The second-order valence-electron chi connectivity index (χ2n) is 21.0. The molecule has 3 heterocycles. The second-order valence-corrected chi connectivity index (χ2v) is 23.2.